The average Bonchev–Trinajstić information content (AvgIpc) is 2.73. The molecular weight excluding hydrogens is 352 g/mol. The molecule has 1 amide bonds. The van der Waals surface area contributed by atoms with Crippen molar-refractivity contribution >= 4 is 28.3 Å². The Labute approximate surface area is 164 Å². The number of carbonyl (C=O) groups excluding carboxylic acids is 1. The van der Waals surface area contributed by atoms with Crippen LogP contribution in [0.25, 0.3) is 10.9 Å². The Balaban J connectivity index is 1.59. The smallest absolute Gasteiger partial charge is 0.255 e. The summed E-state index contributed by atoms with van der Waals surface area (Å²) in [5.41, 5.74) is 3.04. The van der Waals surface area contributed by atoms with E-state index in [0.29, 0.717) is 5.56 Å². The molecule has 3 aromatic rings. The number of methoxy groups -OCH3 is 1. The minimum absolute atomic E-state index is 0.148. The van der Waals surface area contributed by atoms with Gasteiger partial charge in [-0.2, -0.15) is 0 Å². The predicted octanol–water partition coefficient (Wildman–Crippen LogP) is 4.19. The summed E-state index contributed by atoms with van der Waals surface area (Å²) < 4.78 is 5.21. The van der Waals surface area contributed by atoms with Gasteiger partial charge in [-0.1, -0.05) is 0 Å². The largest absolute Gasteiger partial charge is 0.497 e. The molecule has 1 aliphatic rings. The number of rotatable bonds is 4. The highest BCUT2D eigenvalue weighted by atomic mass is 16.5. The van der Waals surface area contributed by atoms with Gasteiger partial charge in [-0.05, 0) is 68.1 Å². The van der Waals surface area contributed by atoms with Gasteiger partial charge in [0.05, 0.1) is 12.6 Å². The first-order valence-corrected chi connectivity index (χ1v) is 9.61. The standard InChI is InChI=1S/C22H24N4O2/c1-15-12-17(28-2)7-9-18(15)22(27)25-16-6-8-19-20(13-16)23-14-24-21(19)26-10-4-3-5-11-26/h6-9,12-14H,3-5,10-11H2,1-2H3,(H,25,27). The van der Waals surface area contributed by atoms with E-state index in [4.69, 9.17) is 4.74 Å². The van der Waals surface area contributed by atoms with Crippen molar-refractivity contribution in [3.63, 3.8) is 0 Å². The van der Waals surface area contributed by atoms with Crippen molar-refractivity contribution in [1.82, 2.24) is 9.97 Å². The van der Waals surface area contributed by atoms with Gasteiger partial charge in [-0.3, -0.25) is 4.79 Å². The van der Waals surface area contributed by atoms with Crippen molar-refractivity contribution in [2.24, 2.45) is 0 Å². The molecule has 0 unspecified atom stereocenters. The molecule has 1 fully saturated rings. The average molecular weight is 376 g/mol. The molecule has 0 saturated carbocycles. The second kappa shape index (κ2) is 7.84. The monoisotopic (exact) mass is 376 g/mol. The maximum atomic E-state index is 12.7. The molecule has 6 nitrogen and oxygen atoms in total. The van der Waals surface area contributed by atoms with Gasteiger partial charge in [0.25, 0.3) is 5.91 Å². The molecule has 1 aliphatic heterocycles. The van der Waals surface area contributed by atoms with Gasteiger partial charge < -0.3 is 15.0 Å². The van der Waals surface area contributed by atoms with Gasteiger partial charge in [0, 0.05) is 29.7 Å². The minimum Gasteiger partial charge on any atom is -0.497 e. The molecule has 1 aromatic heterocycles. The third-order valence-electron chi connectivity index (χ3n) is 5.21. The number of benzene rings is 2. The number of aryl methyl sites for hydroxylation is 1. The number of aromatic nitrogens is 2. The number of piperidine rings is 1. The Kier molecular flexibility index (Phi) is 5.10. The van der Waals surface area contributed by atoms with E-state index in [1.54, 1.807) is 25.6 Å². The lowest BCUT2D eigenvalue weighted by molar-refractivity contribution is 0.102. The molecule has 6 heteroatoms. The van der Waals surface area contributed by atoms with Crippen molar-refractivity contribution in [3.05, 3.63) is 53.9 Å². The lowest BCUT2D eigenvalue weighted by Crippen LogP contribution is -2.30. The van der Waals surface area contributed by atoms with Gasteiger partial charge in [0.2, 0.25) is 0 Å². The van der Waals surface area contributed by atoms with Crippen molar-refractivity contribution in [2.75, 3.05) is 30.4 Å². The number of hydrogen-bond donors (Lipinski definition) is 1. The van der Waals surface area contributed by atoms with E-state index < -0.39 is 0 Å². The Morgan fingerprint density at radius 3 is 2.64 bits per heavy atom. The molecule has 0 bridgehead atoms. The van der Waals surface area contributed by atoms with Crippen LogP contribution in [0.2, 0.25) is 0 Å². The van der Waals surface area contributed by atoms with Crippen LogP contribution in [0.1, 0.15) is 35.2 Å². The van der Waals surface area contributed by atoms with Gasteiger partial charge >= 0.3 is 0 Å². The molecule has 28 heavy (non-hydrogen) atoms. The van der Waals surface area contributed by atoms with E-state index in [-0.39, 0.29) is 5.91 Å². The zero-order chi connectivity index (χ0) is 19.5. The number of nitrogens with one attached hydrogen (secondary N) is 1. The zero-order valence-corrected chi connectivity index (χ0v) is 16.2. The van der Waals surface area contributed by atoms with E-state index in [1.165, 1.54) is 19.3 Å². The number of anilines is 2. The van der Waals surface area contributed by atoms with Gasteiger partial charge in [-0.25, -0.2) is 9.97 Å². The number of amides is 1. The van der Waals surface area contributed by atoms with Gasteiger partial charge in [0.1, 0.15) is 17.9 Å². The van der Waals surface area contributed by atoms with Crippen LogP contribution in [0.4, 0.5) is 11.5 Å². The number of fused-ring (bicyclic) bond motifs is 1. The minimum atomic E-state index is -0.148. The summed E-state index contributed by atoms with van der Waals surface area (Å²) in [4.78, 5) is 23.9. The second-order valence-electron chi connectivity index (χ2n) is 7.11. The highest BCUT2D eigenvalue weighted by molar-refractivity contribution is 6.06. The summed E-state index contributed by atoms with van der Waals surface area (Å²) in [5.74, 6) is 1.57. The fourth-order valence-corrected chi connectivity index (χ4v) is 3.69. The fourth-order valence-electron chi connectivity index (χ4n) is 3.69. The van der Waals surface area contributed by atoms with E-state index in [9.17, 15) is 4.79 Å². The lowest BCUT2D eigenvalue weighted by Gasteiger charge is -2.28. The Morgan fingerprint density at radius 2 is 1.89 bits per heavy atom. The molecule has 144 valence electrons. The predicted molar refractivity (Wildman–Crippen MR) is 111 cm³/mol. The van der Waals surface area contributed by atoms with E-state index in [1.807, 2.05) is 31.2 Å². The number of ether oxygens (including phenoxy) is 1. The summed E-state index contributed by atoms with van der Waals surface area (Å²) >= 11 is 0. The summed E-state index contributed by atoms with van der Waals surface area (Å²) in [6, 6.07) is 11.2. The van der Waals surface area contributed by atoms with E-state index >= 15 is 0 Å². The van der Waals surface area contributed by atoms with Crippen molar-refractivity contribution < 1.29 is 9.53 Å². The van der Waals surface area contributed by atoms with Gasteiger partial charge in [0.15, 0.2) is 0 Å². The molecule has 1 saturated heterocycles. The van der Waals surface area contributed by atoms with Crippen LogP contribution in [-0.4, -0.2) is 36.1 Å². The van der Waals surface area contributed by atoms with Gasteiger partial charge in [-0.15, -0.1) is 0 Å². The first-order chi connectivity index (χ1) is 13.7. The Morgan fingerprint density at radius 1 is 1.07 bits per heavy atom. The molecule has 0 radical (unpaired) electrons. The van der Waals surface area contributed by atoms with Crippen LogP contribution >= 0.6 is 0 Å². The first-order valence-electron chi connectivity index (χ1n) is 9.61. The first kappa shape index (κ1) is 18.2. The van der Waals surface area contributed by atoms with Crippen LogP contribution in [-0.2, 0) is 0 Å². The van der Waals surface area contributed by atoms with Crippen LogP contribution in [0.3, 0.4) is 0 Å². The number of carbonyl (C=O) groups is 1. The van der Waals surface area contributed by atoms with Crippen molar-refractivity contribution in [3.8, 4) is 5.75 Å². The molecular formula is C22H24N4O2. The molecule has 2 heterocycles. The third kappa shape index (κ3) is 3.63. The summed E-state index contributed by atoms with van der Waals surface area (Å²) in [5, 5.41) is 3.99. The number of nitrogens with zero attached hydrogens (tertiary/aromatic N) is 3. The Bertz CT molecular complexity index is 1010. The van der Waals surface area contributed by atoms with E-state index in [0.717, 1.165) is 46.8 Å². The zero-order valence-electron chi connectivity index (χ0n) is 16.2. The highest BCUT2D eigenvalue weighted by Crippen LogP contribution is 2.28. The SMILES string of the molecule is COc1ccc(C(=O)Nc2ccc3c(N4CCCCC4)ncnc3c2)c(C)c1. The molecule has 2 aromatic carbocycles. The highest BCUT2D eigenvalue weighted by Gasteiger charge is 2.16. The topological polar surface area (TPSA) is 67.3 Å². The normalized spacial score (nSPS) is 14.1. The molecule has 4 rings (SSSR count). The number of hydrogen-bond acceptors (Lipinski definition) is 5. The molecule has 0 spiro atoms. The Hall–Kier alpha value is -3.15. The summed E-state index contributed by atoms with van der Waals surface area (Å²) in [7, 11) is 1.61. The maximum Gasteiger partial charge on any atom is 0.255 e. The van der Waals surface area contributed by atoms with Crippen LogP contribution in [0.15, 0.2) is 42.7 Å². The van der Waals surface area contributed by atoms with Crippen molar-refractivity contribution in [1.29, 1.82) is 0 Å². The molecule has 0 aliphatic carbocycles. The maximum absolute atomic E-state index is 12.7. The quantitative estimate of drug-likeness (QED) is 0.739. The third-order valence-corrected chi connectivity index (χ3v) is 5.21. The van der Waals surface area contributed by atoms with Crippen LogP contribution in [0, 0.1) is 6.92 Å². The molecule has 1 N–H and O–H groups in total. The van der Waals surface area contributed by atoms with Crippen molar-refractivity contribution in [2.45, 2.75) is 26.2 Å². The fraction of sp³-hybridized carbons (Fsp3) is 0.318. The second-order valence-corrected chi connectivity index (χ2v) is 7.11. The van der Waals surface area contributed by atoms with Crippen LogP contribution < -0.4 is 15.0 Å². The summed E-state index contributed by atoms with van der Waals surface area (Å²) in [6.07, 6.45) is 5.27. The molecule has 0 atom stereocenters. The summed E-state index contributed by atoms with van der Waals surface area (Å²) in [6.45, 7) is 3.96. The van der Waals surface area contributed by atoms with Crippen LogP contribution in [0.5, 0.6) is 5.75 Å². The van der Waals surface area contributed by atoms with E-state index in [2.05, 4.69) is 20.2 Å². The lowest BCUT2D eigenvalue weighted by atomic mass is 10.1.